The Morgan fingerprint density at radius 3 is 1.15 bits per heavy atom. The monoisotopic (exact) mass is 1040 g/mol. The van der Waals surface area contributed by atoms with E-state index >= 15 is 0 Å². The number of carbonyl (C=O) groups excluding carboxylic acids is 3. The van der Waals surface area contributed by atoms with Gasteiger partial charge in [-0.3, -0.25) is 4.79 Å². The number of aliphatic hydroxyl groups is 1. The molecule has 0 aliphatic rings. The summed E-state index contributed by atoms with van der Waals surface area (Å²) in [6, 6.07) is 49.6. The number of esters is 3. The Morgan fingerprint density at radius 1 is 0.500 bits per heavy atom. The predicted octanol–water partition coefficient (Wildman–Crippen LogP) is 12.1. The molecule has 1 N–H and O–H groups in total. The molecule has 0 heterocycles. The molecule has 6 aromatic carbocycles. The summed E-state index contributed by atoms with van der Waals surface area (Å²) in [4.78, 5) is 47.4. The van der Waals surface area contributed by atoms with Crippen LogP contribution in [0.15, 0.2) is 170 Å². The van der Waals surface area contributed by atoms with Gasteiger partial charge in [-0.25, -0.2) is 14.4 Å². The summed E-state index contributed by atoms with van der Waals surface area (Å²) in [5, 5.41) is 29.9. The first-order valence-corrected chi connectivity index (χ1v) is 25.5. The zero-order valence-corrected chi connectivity index (χ0v) is 44.2. The van der Waals surface area contributed by atoms with E-state index in [2.05, 4.69) is 75.2 Å². The van der Waals surface area contributed by atoms with Crippen LogP contribution in [0.3, 0.4) is 0 Å². The van der Waals surface area contributed by atoms with Crippen molar-refractivity contribution in [3.05, 3.63) is 237 Å². The number of nitrogens with zero attached hydrogens (tertiary/aromatic N) is 6. The zero-order valence-electron chi connectivity index (χ0n) is 44.2. The molecule has 6 rings (SSSR count). The molecule has 78 heavy (non-hydrogen) atoms. The molecule has 0 saturated carbocycles. The standard InChI is InChI=1S/C65H62N6O7/c1-7-47-12-16-52(17-13-47)42-70(60-28-22-50(23-29-60)38-58(41-67)64(74)77-10-4)45-55-34-54(44-69(32-33-72)59-26-20-49(21-27-59)37-57(40-66)63(73)76-9-3)35-56(36-55)46-71(43-53-18-14-48(8-2)15-19-53)61-30-24-51(25-31-61)39-62(68-6)65(75)78-11-5/h7-8,12-31,34-39,72H,1-2,9-11,32-33,42-46H2,3-5H3/b57-37-,58-38-,62-39+. The van der Waals surface area contributed by atoms with E-state index < -0.39 is 17.9 Å². The van der Waals surface area contributed by atoms with Crippen LogP contribution in [-0.4, -0.2) is 56.0 Å². The average Bonchev–Trinajstić information content (AvgIpc) is 3.46. The molecular formula is C65H62N6O7. The molecule has 0 unspecified atom stereocenters. The van der Waals surface area contributed by atoms with Gasteiger partial charge >= 0.3 is 17.9 Å². The summed E-state index contributed by atoms with van der Waals surface area (Å²) < 4.78 is 15.3. The number of ether oxygens (including phenoxy) is 3. The molecule has 6 aromatic rings. The van der Waals surface area contributed by atoms with Gasteiger partial charge in [0.25, 0.3) is 5.70 Å². The van der Waals surface area contributed by atoms with Gasteiger partial charge in [-0.1, -0.05) is 128 Å². The molecule has 0 atom stereocenters. The molecule has 0 amide bonds. The van der Waals surface area contributed by atoms with Crippen LogP contribution in [-0.2, 0) is 61.3 Å². The zero-order chi connectivity index (χ0) is 55.8. The maximum absolute atomic E-state index is 12.5. The van der Waals surface area contributed by atoms with Crippen molar-refractivity contribution in [3.8, 4) is 12.1 Å². The summed E-state index contributed by atoms with van der Waals surface area (Å²) in [6.07, 6.45) is 8.14. The molecule has 0 radical (unpaired) electrons. The number of carbonyl (C=O) groups is 3. The highest BCUT2D eigenvalue weighted by Crippen LogP contribution is 2.29. The second-order valence-electron chi connectivity index (χ2n) is 17.8. The first-order chi connectivity index (χ1) is 37.9. The van der Waals surface area contributed by atoms with Gasteiger partial charge in [0.2, 0.25) is 0 Å². The molecule has 394 valence electrons. The Labute approximate surface area is 457 Å². The molecule has 0 spiro atoms. The van der Waals surface area contributed by atoms with Gasteiger partial charge in [0, 0.05) is 56.3 Å². The Kier molecular flexibility index (Phi) is 21.7. The van der Waals surface area contributed by atoms with Crippen molar-refractivity contribution >= 4 is 65.4 Å². The molecule has 13 nitrogen and oxygen atoms in total. The first kappa shape index (κ1) is 57.5. The molecular weight excluding hydrogens is 977 g/mol. The van der Waals surface area contributed by atoms with Crippen molar-refractivity contribution < 1.29 is 33.7 Å². The first-order valence-electron chi connectivity index (χ1n) is 25.5. The van der Waals surface area contributed by atoms with E-state index in [1.165, 1.54) is 18.2 Å². The van der Waals surface area contributed by atoms with Crippen LogP contribution in [0.5, 0.6) is 0 Å². The fourth-order valence-electron chi connectivity index (χ4n) is 8.50. The molecule has 13 heteroatoms. The number of rotatable bonds is 26. The molecule has 0 saturated heterocycles. The Hall–Kier alpha value is -9.74. The summed E-state index contributed by atoms with van der Waals surface area (Å²) in [5.41, 5.74) is 11.3. The number of hydrogen-bond acceptors (Lipinski definition) is 12. The van der Waals surface area contributed by atoms with E-state index in [4.69, 9.17) is 20.8 Å². The van der Waals surface area contributed by atoms with Crippen LogP contribution < -0.4 is 14.7 Å². The lowest BCUT2D eigenvalue weighted by Crippen LogP contribution is -2.27. The summed E-state index contributed by atoms with van der Waals surface area (Å²) in [7, 11) is 0. The predicted molar refractivity (Wildman–Crippen MR) is 308 cm³/mol. The number of aliphatic hydroxyl groups excluding tert-OH is 1. The second-order valence-corrected chi connectivity index (χ2v) is 17.8. The third-order valence-corrected chi connectivity index (χ3v) is 12.3. The van der Waals surface area contributed by atoms with Gasteiger partial charge in [-0.15, -0.1) is 0 Å². The van der Waals surface area contributed by atoms with Crippen molar-refractivity contribution in [3.63, 3.8) is 0 Å². The quantitative estimate of drug-likeness (QED) is 0.0180. The van der Waals surface area contributed by atoms with Gasteiger partial charge in [0.05, 0.1) is 33.0 Å². The highest BCUT2D eigenvalue weighted by Gasteiger charge is 2.18. The Bertz CT molecular complexity index is 3100. The number of benzene rings is 6. The van der Waals surface area contributed by atoms with E-state index in [0.717, 1.165) is 56.0 Å². The van der Waals surface area contributed by atoms with Gasteiger partial charge in [-0.2, -0.15) is 10.5 Å². The van der Waals surface area contributed by atoms with Gasteiger partial charge in [0.15, 0.2) is 0 Å². The van der Waals surface area contributed by atoms with Crippen LogP contribution in [0.1, 0.15) is 76.4 Å². The number of hydrogen-bond donors (Lipinski definition) is 1. The van der Waals surface area contributed by atoms with Crippen molar-refractivity contribution in [1.29, 1.82) is 10.5 Å². The van der Waals surface area contributed by atoms with E-state index in [-0.39, 0.29) is 43.3 Å². The van der Waals surface area contributed by atoms with Gasteiger partial charge in [-0.05, 0) is 131 Å². The molecule has 0 aliphatic heterocycles. The lowest BCUT2D eigenvalue weighted by atomic mass is 10.0. The van der Waals surface area contributed by atoms with Crippen molar-refractivity contribution in [2.45, 2.75) is 53.5 Å². The highest BCUT2D eigenvalue weighted by atomic mass is 16.5. The second kappa shape index (κ2) is 29.4. The summed E-state index contributed by atoms with van der Waals surface area (Å²) >= 11 is 0. The van der Waals surface area contributed by atoms with Gasteiger partial charge < -0.3 is 34.0 Å². The van der Waals surface area contributed by atoms with Crippen LogP contribution in [0.4, 0.5) is 17.1 Å². The topological polar surface area (TPSA) is 161 Å². The van der Waals surface area contributed by atoms with Crippen LogP contribution >= 0.6 is 0 Å². The van der Waals surface area contributed by atoms with Crippen LogP contribution in [0, 0.1) is 29.2 Å². The van der Waals surface area contributed by atoms with E-state index in [0.29, 0.717) is 56.0 Å². The molecule has 0 aliphatic carbocycles. The minimum absolute atomic E-state index is 0.0999. The number of nitriles is 2. The van der Waals surface area contributed by atoms with E-state index in [1.807, 2.05) is 109 Å². The van der Waals surface area contributed by atoms with Crippen LogP contribution in [0.2, 0.25) is 0 Å². The lowest BCUT2D eigenvalue weighted by Gasteiger charge is -2.29. The minimum Gasteiger partial charge on any atom is -0.471 e. The normalized spacial score (nSPS) is 11.3. The average molecular weight is 1040 g/mol. The van der Waals surface area contributed by atoms with E-state index in [1.54, 1.807) is 32.9 Å². The van der Waals surface area contributed by atoms with Crippen molar-refractivity contribution in [2.24, 2.45) is 0 Å². The highest BCUT2D eigenvalue weighted by molar-refractivity contribution is 5.98. The van der Waals surface area contributed by atoms with E-state index in [9.17, 15) is 30.0 Å². The lowest BCUT2D eigenvalue weighted by molar-refractivity contribution is -0.138. The summed E-state index contributed by atoms with van der Waals surface area (Å²) in [5.74, 6) is -2.06. The summed E-state index contributed by atoms with van der Waals surface area (Å²) in [6.45, 7) is 23.5. The fourth-order valence-corrected chi connectivity index (χ4v) is 8.50. The fraction of sp³-hybridized carbons (Fsp3) is 0.200. The minimum atomic E-state index is -0.695. The third kappa shape index (κ3) is 16.6. The maximum atomic E-state index is 12.5. The third-order valence-electron chi connectivity index (χ3n) is 12.3. The van der Waals surface area contributed by atoms with Crippen molar-refractivity contribution in [2.75, 3.05) is 47.7 Å². The molecule has 0 fully saturated rings. The Morgan fingerprint density at radius 2 is 0.821 bits per heavy atom. The molecule has 0 bridgehead atoms. The van der Waals surface area contributed by atoms with Gasteiger partial charge in [0.1, 0.15) is 23.3 Å². The smallest absolute Gasteiger partial charge is 0.348 e. The van der Waals surface area contributed by atoms with Crippen molar-refractivity contribution in [1.82, 2.24) is 0 Å². The number of anilines is 3. The largest absolute Gasteiger partial charge is 0.471 e. The maximum Gasteiger partial charge on any atom is 0.348 e. The SMILES string of the molecule is [C-]#[N+]/C(=C/c1ccc(N(Cc2ccc(C=C)cc2)Cc2cc(CN(CCO)c3ccc(/C=C(/C#N)C(=O)OCC)cc3)cc(CN(Cc3ccc(C=C)cc3)c3ccc(/C=C(/C#N)C(=O)OCC)cc3)c2)cc1)C(=O)OCC. The van der Waals surface area contributed by atoms with Crippen LogP contribution in [0.25, 0.3) is 35.2 Å². The Balaban J connectivity index is 1.46. The molecule has 0 aromatic heterocycles.